The van der Waals surface area contributed by atoms with Gasteiger partial charge in [0.05, 0.1) is 6.07 Å². The number of carbonyl (C=O) groups is 1. The lowest BCUT2D eigenvalue weighted by Gasteiger charge is -2.65. The van der Waals surface area contributed by atoms with Gasteiger partial charge in [-0.15, -0.1) is 0 Å². The number of rotatable bonds is 3. The SMILES string of the molecule is CCC(C)(C#N)C(=O)NC12CC3CC(C)(CC(C)(C3)C1)C2. The van der Waals surface area contributed by atoms with Crippen molar-refractivity contribution in [1.82, 2.24) is 5.32 Å². The fourth-order valence-corrected chi connectivity index (χ4v) is 6.26. The van der Waals surface area contributed by atoms with Crippen LogP contribution in [0.5, 0.6) is 0 Å². The van der Waals surface area contributed by atoms with E-state index in [0.717, 1.165) is 25.2 Å². The van der Waals surface area contributed by atoms with Crippen LogP contribution in [0.3, 0.4) is 0 Å². The second-order valence-corrected chi connectivity index (χ2v) is 9.16. The zero-order valence-corrected chi connectivity index (χ0v) is 13.9. The summed E-state index contributed by atoms with van der Waals surface area (Å²) in [6.07, 6.45) is 7.84. The summed E-state index contributed by atoms with van der Waals surface area (Å²) in [6, 6.07) is 2.22. The van der Waals surface area contributed by atoms with Gasteiger partial charge >= 0.3 is 0 Å². The molecule has 3 nitrogen and oxygen atoms in total. The molecule has 0 aromatic rings. The van der Waals surface area contributed by atoms with Crippen LogP contribution < -0.4 is 5.32 Å². The minimum Gasteiger partial charge on any atom is -0.349 e. The second-order valence-electron chi connectivity index (χ2n) is 9.16. The van der Waals surface area contributed by atoms with E-state index in [1.807, 2.05) is 6.92 Å². The van der Waals surface area contributed by atoms with Crippen molar-refractivity contribution >= 4 is 5.91 Å². The monoisotopic (exact) mass is 288 g/mol. The minimum atomic E-state index is -0.884. The van der Waals surface area contributed by atoms with E-state index in [9.17, 15) is 10.1 Å². The molecule has 0 spiro atoms. The molecule has 0 aliphatic heterocycles. The highest BCUT2D eigenvalue weighted by Gasteiger charge is 2.61. The van der Waals surface area contributed by atoms with Crippen LogP contribution in [0.25, 0.3) is 0 Å². The Kier molecular flexibility index (Phi) is 3.01. The van der Waals surface area contributed by atoms with Gasteiger partial charge in [-0.3, -0.25) is 4.79 Å². The summed E-state index contributed by atoms with van der Waals surface area (Å²) in [7, 11) is 0. The lowest BCUT2D eigenvalue weighted by atomic mass is 9.42. The highest BCUT2D eigenvalue weighted by molar-refractivity contribution is 5.85. The van der Waals surface area contributed by atoms with Crippen LogP contribution in [0.4, 0.5) is 0 Å². The predicted octanol–water partition coefficient (Wildman–Crippen LogP) is 3.79. The van der Waals surface area contributed by atoms with Crippen LogP contribution in [0.15, 0.2) is 0 Å². The topological polar surface area (TPSA) is 52.9 Å². The fraction of sp³-hybridized carbons (Fsp3) is 0.889. The molecule has 4 rings (SSSR count). The molecule has 1 amide bonds. The highest BCUT2D eigenvalue weighted by atomic mass is 16.2. The third-order valence-corrected chi connectivity index (χ3v) is 6.46. The number of carbonyl (C=O) groups excluding carboxylic acids is 1. The first kappa shape index (κ1) is 14.9. The summed E-state index contributed by atoms with van der Waals surface area (Å²) in [5.41, 5.74) is -0.161. The molecular formula is C18H28N2O. The maximum absolute atomic E-state index is 12.7. The Hall–Kier alpha value is -1.04. The Labute approximate surface area is 128 Å². The van der Waals surface area contributed by atoms with Crippen LogP contribution in [0.1, 0.15) is 72.6 Å². The van der Waals surface area contributed by atoms with Gasteiger partial charge in [-0.1, -0.05) is 20.8 Å². The Balaban J connectivity index is 1.86. The van der Waals surface area contributed by atoms with Crippen LogP contribution in [0, 0.1) is 33.5 Å². The molecule has 0 aromatic heterocycles. The molecule has 4 fully saturated rings. The number of nitrogens with one attached hydrogen (secondary N) is 1. The van der Waals surface area contributed by atoms with Crippen LogP contribution in [0.2, 0.25) is 0 Å². The Morgan fingerprint density at radius 3 is 2.24 bits per heavy atom. The first-order chi connectivity index (χ1) is 9.66. The van der Waals surface area contributed by atoms with Gasteiger partial charge in [0.2, 0.25) is 5.91 Å². The van der Waals surface area contributed by atoms with Crippen molar-refractivity contribution in [2.45, 2.75) is 78.2 Å². The van der Waals surface area contributed by atoms with Crippen molar-refractivity contribution in [2.24, 2.45) is 22.2 Å². The Bertz CT molecular complexity index is 502. The third-order valence-electron chi connectivity index (χ3n) is 6.46. The summed E-state index contributed by atoms with van der Waals surface area (Å²) >= 11 is 0. The van der Waals surface area contributed by atoms with Crippen LogP contribution >= 0.6 is 0 Å². The maximum atomic E-state index is 12.7. The molecule has 3 heteroatoms. The summed E-state index contributed by atoms with van der Waals surface area (Å²) < 4.78 is 0. The van der Waals surface area contributed by atoms with E-state index in [-0.39, 0.29) is 11.4 Å². The van der Waals surface area contributed by atoms with Crippen molar-refractivity contribution in [2.75, 3.05) is 0 Å². The number of hydrogen-bond donors (Lipinski definition) is 1. The largest absolute Gasteiger partial charge is 0.349 e. The first-order valence-corrected chi connectivity index (χ1v) is 8.40. The summed E-state index contributed by atoms with van der Waals surface area (Å²) in [6.45, 7) is 8.50. The Morgan fingerprint density at radius 1 is 1.24 bits per heavy atom. The Morgan fingerprint density at radius 2 is 1.81 bits per heavy atom. The second kappa shape index (κ2) is 4.24. The summed E-state index contributed by atoms with van der Waals surface area (Å²) in [5.74, 6) is 0.702. The van der Waals surface area contributed by atoms with Gasteiger partial charge in [0.25, 0.3) is 0 Å². The van der Waals surface area contributed by atoms with Crippen molar-refractivity contribution in [3.05, 3.63) is 0 Å². The van der Waals surface area contributed by atoms with E-state index in [1.54, 1.807) is 6.92 Å². The standard InChI is InChI=1S/C18H28N2O/c1-5-17(4,12-19)14(21)20-18-8-13-6-15(2,10-18)9-16(3,7-13)11-18/h13H,5-11H2,1-4H3,(H,20,21). The zero-order chi connectivity index (χ0) is 15.5. The van der Waals surface area contributed by atoms with Gasteiger partial charge in [0, 0.05) is 5.54 Å². The van der Waals surface area contributed by atoms with Gasteiger partial charge in [-0.2, -0.15) is 5.26 Å². The molecule has 3 unspecified atom stereocenters. The van der Waals surface area contributed by atoms with Gasteiger partial charge in [0.1, 0.15) is 5.41 Å². The van der Waals surface area contributed by atoms with E-state index in [4.69, 9.17) is 0 Å². The normalized spacial score (nSPS) is 46.7. The molecular weight excluding hydrogens is 260 g/mol. The predicted molar refractivity (Wildman–Crippen MR) is 82.3 cm³/mol. The number of amides is 1. The van der Waals surface area contributed by atoms with Gasteiger partial charge in [-0.25, -0.2) is 0 Å². The first-order valence-electron chi connectivity index (χ1n) is 8.40. The van der Waals surface area contributed by atoms with E-state index in [1.165, 1.54) is 19.3 Å². The molecule has 21 heavy (non-hydrogen) atoms. The van der Waals surface area contributed by atoms with E-state index in [0.29, 0.717) is 17.3 Å². The fourth-order valence-electron chi connectivity index (χ4n) is 6.26. The number of hydrogen-bond acceptors (Lipinski definition) is 2. The van der Waals surface area contributed by atoms with Crippen LogP contribution in [-0.4, -0.2) is 11.4 Å². The molecule has 0 aromatic carbocycles. The average molecular weight is 288 g/mol. The van der Waals surface area contributed by atoms with Crippen molar-refractivity contribution < 1.29 is 4.79 Å². The average Bonchev–Trinajstić information content (AvgIpc) is 2.32. The van der Waals surface area contributed by atoms with Gasteiger partial charge in [-0.05, 0) is 68.6 Å². The lowest BCUT2D eigenvalue weighted by molar-refractivity contribution is -0.144. The van der Waals surface area contributed by atoms with Crippen molar-refractivity contribution in [3.63, 3.8) is 0 Å². The molecule has 4 aliphatic rings. The molecule has 0 saturated heterocycles. The molecule has 1 N–H and O–H groups in total. The molecule has 4 bridgehead atoms. The van der Waals surface area contributed by atoms with Gasteiger partial charge in [0.15, 0.2) is 0 Å². The van der Waals surface area contributed by atoms with Gasteiger partial charge < -0.3 is 5.32 Å². The lowest BCUT2D eigenvalue weighted by Crippen LogP contribution is -2.66. The number of nitrogens with zero attached hydrogens (tertiary/aromatic N) is 1. The van der Waals surface area contributed by atoms with Crippen LogP contribution in [-0.2, 0) is 4.79 Å². The molecule has 0 radical (unpaired) electrons. The quantitative estimate of drug-likeness (QED) is 0.859. The van der Waals surface area contributed by atoms with E-state index >= 15 is 0 Å². The summed E-state index contributed by atoms with van der Waals surface area (Å²) in [4.78, 5) is 12.7. The zero-order valence-electron chi connectivity index (χ0n) is 13.9. The minimum absolute atomic E-state index is 0.0483. The van der Waals surface area contributed by atoms with Crippen molar-refractivity contribution in [3.8, 4) is 6.07 Å². The number of nitriles is 1. The van der Waals surface area contributed by atoms with E-state index in [2.05, 4.69) is 25.2 Å². The van der Waals surface area contributed by atoms with Crippen molar-refractivity contribution in [1.29, 1.82) is 5.26 Å². The smallest absolute Gasteiger partial charge is 0.240 e. The molecule has 116 valence electrons. The molecule has 4 saturated carbocycles. The highest BCUT2D eigenvalue weighted by Crippen LogP contribution is 2.66. The molecule has 4 aliphatic carbocycles. The molecule has 0 heterocycles. The summed E-state index contributed by atoms with van der Waals surface area (Å²) in [5, 5.41) is 12.7. The maximum Gasteiger partial charge on any atom is 0.240 e. The third kappa shape index (κ3) is 2.28. The van der Waals surface area contributed by atoms with E-state index < -0.39 is 5.41 Å². The molecule has 3 atom stereocenters.